The lowest BCUT2D eigenvalue weighted by molar-refractivity contribution is -0.118. The number of nitrogens with zero attached hydrogens (tertiary/aromatic N) is 6. The third kappa shape index (κ3) is 3.02. The first-order valence-electron chi connectivity index (χ1n) is 11.2. The van der Waals surface area contributed by atoms with Crippen molar-refractivity contribution in [3.63, 3.8) is 0 Å². The van der Waals surface area contributed by atoms with Crippen LogP contribution in [0.5, 0.6) is 5.88 Å². The van der Waals surface area contributed by atoms with Gasteiger partial charge in [-0.3, -0.25) is 19.5 Å². The van der Waals surface area contributed by atoms with Crippen molar-refractivity contribution in [2.75, 3.05) is 31.6 Å². The van der Waals surface area contributed by atoms with Crippen molar-refractivity contribution >= 4 is 49.7 Å². The average Bonchev–Trinajstić information content (AvgIpc) is 3.48. The van der Waals surface area contributed by atoms with E-state index < -0.39 is 0 Å². The number of pyridine rings is 2. The number of carbonyl (C=O) groups excluding carboxylic acids is 1. The van der Waals surface area contributed by atoms with Crippen molar-refractivity contribution in [1.29, 1.82) is 0 Å². The van der Waals surface area contributed by atoms with E-state index in [1.54, 1.807) is 23.0 Å². The van der Waals surface area contributed by atoms with Crippen LogP contribution in [0.2, 0.25) is 0 Å². The molecule has 34 heavy (non-hydrogen) atoms. The van der Waals surface area contributed by atoms with Gasteiger partial charge in [0.25, 0.3) is 5.56 Å². The van der Waals surface area contributed by atoms with E-state index in [-0.39, 0.29) is 11.5 Å². The van der Waals surface area contributed by atoms with E-state index in [0.29, 0.717) is 40.8 Å². The standard InChI is InChI=1S/C22H20N8O3S/c31-16(11-28-3-1-4-28)25-12-7-14-18(23-8-12)19-17(20(32)26-14)22-30(27-19)10-15(34-22)13-9-24-29-5-2-6-33-21(13)29/h7-10H,1-6,11H2,(H,25,31)(H,26,32). The summed E-state index contributed by atoms with van der Waals surface area (Å²) in [6.45, 7) is 3.76. The van der Waals surface area contributed by atoms with E-state index in [4.69, 9.17) is 4.74 Å². The molecule has 1 amide bonds. The average molecular weight is 477 g/mol. The predicted octanol–water partition coefficient (Wildman–Crippen LogP) is 2.08. The van der Waals surface area contributed by atoms with E-state index in [1.165, 1.54) is 11.3 Å². The lowest BCUT2D eigenvalue weighted by atomic mass is 10.2. The summed E-state index contributed by atoms with van der Waals surface area (Å²) in [5.41, 5.74) is 2.84. The molecule has 0 aliphatic carbocycles. The van der Waals surface area contributed by atoms with Gasteiger partial charge >= 0.3 is 0 Å². The molecule has 5 aromatic rings. The number of rotatable bonds is 4. The molecule has 0 radical (unpaired) electrons. The van der Waals surface area contributed by atoms with Gasteiger partial charge in [0.05, 0.1) is 47.2 Å². The number of thiazole rings is 1. The molecule has 0 aromatic carbocycles. The van der Waals surface area contributed by atoms with Gasteiger partial charge in [-0.2, -0.15) is 10.2 Å². The fourth-order valence-corrected chi connectivity index (χ4v) is 5.61. The first-order valence-corrected chi connectivity index (χ1v) is 12.0. The molecule has 2 N–H and O–H groups in total. The molecule has 1 fully saturated rings. The Balaban J connectivity index is 1.27. The summed E-state index contributed by atoms with van der Waals surface area (Å²) in [7, 11) is 0. The van der Waals surface area contributed by atoms with Gasteiger partial charge in [-0.25, -0.2) is 9.20 Å². The maximum atomic E-state index is 13.1. The fourth-order valence-electron chi connectivity index (χ4n) is 4.52. The lowest BCUT2D eigenvalue weighted by Crippen LogP contribution is -2.42. The summed E-state index contributed by atoms with van der Waals surface area (Å²) in [4.78, 5) is 36.5. The minimum absolute atomic E-state index is 0.0920. The highest BCUT2D eigenvalue weighted by Gasteiger charge is 2.23. The summed E-state index contributed by atoms with van der Waals surface area (Å²) in [6, 6.07) is 1.73. The summed E-state index contributed by atoms with van der Waals surface area (Å²) in [5.74, 6) is 0.662. The van der Waals surface area contributed by atoms with Gasteiger partial charge in [0.15, 0.2) is 0 Å². The first-order chi connectivity index (χ1) is 16.6. The van der Waals surface area contributed by atoms with Crippen molar-refractivity contribution in [3.05, 3.63) is 35.0 Å². The Kier molecular flexibility index (Phi) is 4.26. The van der Waals surface area contributed by atoms with Crippen LogP contribution in [0.15, 0.2) is 29.5 Å². The molecule has 0 saturated carbocycles. The predicted molar refractivity (Wildman–Crippen MR) is 128 cm³/mol. The van der Waals surface area contributed by atoms with Crippen molar-refractivity contribution in [3.8, 4) is 16.3 Å². The van der Waals surface area contributed by atoms with E-state index in [1.807, 2.05) is 10.9 Å². The molecular weight excluding hydrogens is 456 g/mol. The van der Waals surface area contributed by atoms with Gasteiger partial charge in [0, 0.05) is 19.2 Å². The maximum absolute atomic E-state index is 13.1. The quantitative estimate of drug-likeness (QED) is 0.407. The van der Waals surface area contributed by atoms with Crippen molar-refractivity contribution in [1.82, 2.24) is 34.3 Å². The van der Waals surface area contributed by atoms with Crippen LogP contribution in [-0.4, -0.2) is 66.4 Å². The molecule has 7 rings (SSSR count). The Morgan fingerprint density at radius 2 is 2.12 bits per heavy atom. The second-order valence-corrected chi connectivity index (χ2v) is 9.64. The molecule has 12 heteroatoms. The van der Waals surface area contributed by atoms with Gasteiger partial charge < -0.3 is 15.0 Å². The van der Waals surface area contributed by atoms with Crippen LogP contribution in [0.4, 0.5) is 5.69 Å². The second kappa shape index (κ2) is 7.37. The van der Waals surface area contributed by atoms with Crippen LogP contribution in [0.3, 0.4) is 0 Å². The number of likely N-dealkylation sites (tertiary alicyclic amines) is 1. The highest BCUT2D eigenvalue weighted by Crippen LogP contribution is 2.38. The molecule has 2 aliphatic heterocycles. The van der Waals surface area contributed by atoms with Crippen LogP contribution in [0.25, 0.3) is 37.2 Å². The molecule has 7 heterocycles. The molecule has 2 aliphatic rings. The van der Waals surface area contributed by atoms with Crippen molar-refractivity contribution < 1.29 is 9.53 Å². The molecule has 5 aromatic heterocycles. The maximum Gasteiger partial charge on any atom is 0.261 e. The van der Waals surface area contributed by atoms with Crippen LogP contribution >= 0.6 is 11.3 Å². The number of hydrogen-bond acceptors (Lipinski definition) is 8. The van der Waals surface area contributed by atoms with E-state index >= 15 is 0 Å². The van der Waals surface area contributed by atoms with Gasteiger partial charge in [-0.15, -0.1) is 11.3 Å². The molecular formula is C22H20N8O3S. The molecule has 11 nitrogen and oxygen atoms in total. The summed E-state index contributed by atoms with van der Waals surface area (Å²) in [6.07, 6.45) is 7.36. The van der Waals surface area contributed by atoms with Crippen molar-refractivity contribution in [2.24, 2.45) is 0 Å². The van der Waals surface area contributed by atoms with Crippen LogP contribution in [0, 0.1) is 0 Å². The Bertz CT molecular complexity index is 1660. The highest BCUT2D eigenvalue weighted by molar-refractivity contribution is 7.21. The second-order valence-electron chi connectivity index (χ2n) is 8.61. The molecule has 1 saturated heterocycles. The smallest absolute Gasteiger partial charge is 0.261 e. The number of aromatic nitrogens is 6. The zero-order chi connectivity index (χ0) is 22.8. The summed E-state index contributed by atoms with van der Waals surface area (Å²) in [5, 5.41) is 12.5. The topological polar surface area (TPSA) is 122 Å². The van der Waals surface area contributed by atoms with E-state index in [9.17, 15) is 9.59 Å². The van der Waals surface area contributed by atoms with E-state index in [2.05, 4.69) is 30.4 Å². The SMILES string of the molecule is O=C(CN1CCC1)Nc1cnc2c(c1)[nH]c(=O)c1c2nn2cc(-c3cnn4c3OCCC4)sc12. The van der Waals surface area contributed by atoms with Crippen LogP contribution in [-0.2, 0) is 11.3 Å². The first kappa shape index (κ1) is 19.7. The highest BCUT2D eigenvalue weighted by atomic mass is 32.1. The Labute approximate surface area is 195 Å². The number of carbonyl (C=O) groups is 1. The minimum Gasteiger partial charge on any atom is -0.477 e. The fraction of sp³-hybridized carbons (Fsp3) is 0.318. The zero-order valence-corrected chi connectivity index (χ0v) is 18.9. The number of fused-ring (bicyclic) bond motifs is 6. The number of H-pyrrole nitrogens is 1. The lowest BCUT2D eigenvalue weighted by Gasteiger charge is -2.29. The van der Waals surface area contributed by atoms with Crippen molar-refractivity contribution in [2.45, 2.75) is 19.4 Å². The van der Waals surface area contributed by atoms with Crippen LogP contribution < -0.4 is 15.6 Å². The third-order valence-corrected chi connectivity index (χ3v) is 7.44. The largest absolute Gasteiger partial charge is 0.477 e. The molecule has 0 bridgehead atoms. The molecule has 0 unspecified atom stereocenters. The Morgan fingerprint density at radius 3 is 2.97 bits per heavy atom. The summed E-state index contributed by atoms with van der Waals surface area (Å²) < 4.78 is 9.41. The normalized spacial score (nSPS) is 16.0. The Hall–Kier alpha value is -3.77. The van der Waals surface area contributed by atoms with Gasteiger partial charge in [0.1, 0.15) is 21.3 Å². The number of aromatic amines is 1. The van der Waals surface area contributed by atoms with Gasteiger partial charge in [-0.05, 0) is 25.6 Å². The number of anilines is 1. The number of nitrogens with one attached hydrogen (secondary N) is 2. The zero-order valence-electron chi connectivity index (χ0n) is 18.1. The van der Waals surface area contributed by atoms with Gasteiger partial charge in [0.2, 0.25) is 11.8 Å². The molecule has 0 atom stereocenters. The van der Waals surface area contributed by atoms with Gasteiger partial charge in [-0.1, -0.05) is 0 Å². The van der Waals surface area contributed by atoms with Crippen LogP contribution in [0.1, 0.15) is 12.8 Å². The monoisotopic (exact) mass is 476 g/mol. The number of ether oxygens (including phenoxy) is 1. The summed E-state index contributed by atoms with van der Waals surface area (Å²) >= 11 is 1.47. The number of hydrogen-bond donors (Lipinski definition) is 2. The molecule has 0 spiro atoms. The number of aryl methyl sites for hydroxylation is 1. The third-order valence-electron chi connectivity index (χ3n) is 6.31. The number of amides is 1. The Morgan fingerprint density at radius 1 is 1.21 bits per heavy atom. The molecule has 172 valence electrons. The van der Waals surface area contributed by atoms with E-state index in [0.717, 1.165) is 53.6 Å². The minimum atomic E-state index is -0.245.